The molecule has 1 aromatic heterocycles. The Morgan fingerprint density at radius 1 is 1.17 bits per heavy atom. The number of aromatic nitrogens is 1. The summed E-state index contributed by atoms with van der Waals surface area (Å²) in [6.45, 7) is 5.00. The van der Waals surface area contributed by atoms with Gasteiger partial charge in [0.2, 0.25) is 17.7 Å². The Morgan fingerprint density at radius 3 is 2.57 bits per heavy atom. The molecule has 2 saturated heterocycles. The van der Waals surface area contributed by atoms with Crippen molar-refractivity contribution in [1.82, 2.24) is 25.8 Å². The van der Waals surface area contributed by atoms with Crippen LogP contribution in [0.2, 0.25) is 0 Å². The number of rotatable bonds is 10. The van der Waals surface area contributed by atoms with Crippen LogP contribution in [0.4, 0.5) is 4.39 Å². The molecule has 0 radical (unpaired) electrons. The summed E-state index contributed by atoms with van der Waals surface area (Å²) in [5, 5.41) is 8.72. The molecule has 0 bridgehead atoms. The molecule has 2 aliphatic carbocycles. The zero-order valence-corrected chi connectivity index (χ0v) is 24.3. The van der Waals surface area contributed by atoms with Crippen LogP contribution in [0.5, 0.6) is 0 Å². The number of piperidine rings is 1. The highest BCUT2D eigenvalue weighted by molar-refractivity contribution is 6.28. The van der Waals surface area contributed by atoms with Gasteiger partial charge in [0.05, 0.1) is 11.9 Å². The van der Waals surface area contributed by atoms with Crippen LogP contribution < -0.4 is 16.0 Å². The van der Waals surface area contributed by atoms with E-state index >= 15 is 0 Å². The van der Waals surface area contributed by atoms with Gasteiger partial charge in [0.15, 0.2) is 5.78 Å². The molecule has 6 rings (SSSR count). The third-order valence-corrected chi connectivity index (χ3v) is 10.0. The number of amides is 4. The van der Waals surface area contributed by atoms with Gasteiger partial charge < -0.3 is 25.8 Å². The smallest absolute Gasteiger partial charge is 0.268 e. The van der Waals surface area contributed by atoms with Crippen molar-refractivity contribution in [2.45, 2.75) is 57.7 Å². The predicted molar refractivity (Wildman–Crippen MR) is 152 cm³/mol. The van der Waals surface area contributed by atoms with Crippen LogP contribution in [0, 0.1) is 34.9 Å². The molecule has 4 fully saturated rings. The van der Waals surface area contributed by atoms with E-state index in [1.54, 1.807) is 17.0 Å². The molecular weight excluding hydrogens is 565 g/mol. The molecule has 1 aromatic carbocycles. The van der Waals surface area contributed by atoms with Crippen LogP contribution in [0.15, 0.2) is 24.3 Å². The number of nitrogens with one attached hydrogen (secondary N) is 4. The molecule has 2 aliphatic heterocycles. The molecule has 2 saturated carbocycles. The Hall–Kier alpha value is -3.47. The van der Waals surface area contributed by atoms with Crippen LogP contribution in [-0.4, -0.2) is 76.4 Å². The number of halogens is 2. The van der Waals surface area contributed by atoms with E-state index in [9.17, 15) is 28.4 Å². The summed E-state index contributed by atoms with van der Waals surface area (Å²) in [4.78, 5) is 70.4. The molecule has 2 aromatic rings. The molecule has 0 spiro atoms. The number of nitrogens with zero attached hydrogens (tertiary/aromatic N) is 1. The highest BCUT2D eigenvalue weighted by Crippen LogP contribution is 2.65. The fourth-order valence-corrected chi connectivity index (χ4v) is 7.22. The molecular formula is C30H35ClFN5O5. The van der Waals surface area contributed by atoms with Gasteiger partial charge in [0.25, 0.3) is 5.91 Å². The third-order valence-electron chi connectivity index (χ3n) is 9.78. The molecule has 1 unspecified atom stereocenters. The van der Waals surface area contributed by atoms with Crippen LogP contribution in [0.25, 0.3) is 10.9 Å². The van der Waals surface area contributed by atoms with E-state index in [2.05, 4.69) is 34.8 Å². The van der Waals surface area contributed by atoms with E-state index in [1.807, 2.05) is 0 Å². The van der Waals surface area contributed by atoms with Gasteiger partial charge >= 0.3 is 0 Å². The van der Waals surface area contributed by atoms with Crippen molar-refractivity contribution in [2.75, 3.05) is 19.0 Å². The summed E-state index contributed by atoms with van der Waals surface area (Å²) in [6.07, 6.45) is 2.24. The monoisotopic (exact) mass is 599 g/mol. The minimum Gasteiger partial charge on any atom is -0.356 e. The predicted octanol–water partition coefficient (Wildman–Crippen LogP) is 2.12. The van der Waals surface area contributed by atoms with Crippen molar-refractivity contribution >= 4 is 51.9 Å². The van der Waals surface area contributed by atoms with E-state index < -0.39 is 41.7 Å². The van der Waals surface area contributed by atoms with Crippen LogP contribution >= 0.6 is 11.6 Å². The maximum Gasteiger partial charge on any atom is 0.268 e. The summed E-state index contributed by atoms with van der Waals surface area (Å²) in [6, 6.07) is 3.35. The second-order valence-electron chi connectivity index (χ2n) is 12.7. The van der Waals surface area contributed by atoms with Crippen molar-refractivity contribution in [3.63, 3.8) is 0 Å². The summed E-state index contributed by atoms with van der Waals surface area (Å²) < 4.78 is 14.2. The first-order valence-corrected chi connectivity index (χ1v) is 15.1. The van der Waals surface area contributed by atoms with Gasteiger partial charge in [-0.15, -0.1) is 11.6 Å². The van der Waals surface area contributed by atoms with Gasteiger partial charge in [-0.1, -0.05) is 19.9 Å². The maximum absolute atomic E-state index is 14.2. The van der Waals surface area contributed by atoms with E-state index in [-0.39, 0.29) is 64.1 Å². The lowest BCUT2D eigenvalue weighted by atomic mass is 9.95. The standard InChI is InChI=1S/C30H35ClFN5O5/c1-30(2)17-13-37(25(23(17)30)28(41)35-20(22(38)12-31)10-15-8-9-33-26(15)39)29(42)24(14-6-7-14)36-27(40)21-11-16-18(32)4-3-5-19(16)34-21/h3-5,11,14-15,17,20,23-25,34H,6-10,12-13H2,1-2H3,(H,33,39)(H,35,41)(H,36,40)/t15-,17-,20-,23-,24?,25-/m0/s1. The summed E-state index contributed by atoms with van der Waals surface area (Å²) in [7, 11) is 0. The minimum absolute atomic E-state index is 0.0670. The molecule has 42 heavy (non-hydrogen) atoms. The van der Waals surface area contributed by atoms with E-state index in [1.165, 1.54) is 12.1 Å². The Bertz CT molecular complexity index is 1470. The first-order chi connectivity index (χ1) is 20.0. The van der Waals surface area contributed by atoms with Gasteiger partial charge in [-0.3, -0.25) is 24.0 Å². The number of benzene rings is 1. The number of carbonyl (C=O) groups excluding carboxylic acids is 5. The number of aromatic amines is 1. The van der Waals surface area contributed by atoms with E-state index in [4.69, 9.17) is 11.6 Å². The SMILES string of the molecule is CC1(C)[C@@H]2[C@@H](C(=O)N[C@@H](C[C@@H]3CCNC3=O)C(=O)CCl)N(C(=O)C(NC(=O)c3cc4c(F)cccc4[nH]3)C3CC3)C[C@@H]21. The number of likely N-dealkylation sites (tertiary alicyclic amines) is 1. The van der Waals surface area contributed by atoms with Gasteiger partial charge in [0.1, 0.15) is 23.6 Å². The molecule has 12 heteroatoms. The van der Waals surface area contributed by atoms with Crippen molar-refractivity contribution in [2.24, 2.45) is 29.1 Å². The zero-order valence-electron chi connectivity index (χ0n) is 23.5. The quantitative estimate of drug-likeness (QED) is 0.310. The first-order valence-electron chi connectivity index (χ1n) is 14.6. The van der Waals surface area contributed by atoms with E-state index in [0.717, 1.165) is 12.8 Å². The lowest BCUT2D eigenvalue weighted by Crippen LogP contribution is -2.58. The third kappa shape index (κ3) is 5.05. The van der Waals surface area contributed by atoms with Gasteiger partial charge in [0, 0.05) is 29.9 Å². The Labute approximate surface area is 247 Å². The number of hydrogen-bond acceptors (Lipinski definition) is 5. The molecule has 4 amide bonds. The number of H-pyrrole nitrogens is 1. The highest BCUT2D eigenvalue weighted by atomic mass is 35.5. The molecule has 10 nitrogen and oxygen atoms in total. The van der Waals surface area contributed by atoms with Crippen molar-refractivity contribution in [3.05, 3.63) is 35.8 Å². The number of Topliss-reactive ketones (excluding diaryl/α,β-unsaturated/α-hetero) is 1. The van der Waals surface area contributed by atoms with Gasteiger partial charge in [-0.25, -0.2) is 4.39 Å². The Balaban J connectivity index is 1.20. The summed E-state index contributed by atoms with van der Waals surface area (Å²) in [5.74, 6) is -3.08. The lowest BCUT2D eigenvalue weighted by Gasteiger charge is -2.34. The topological polar surface area (TPSA) is 140 Å². The van der Waals surface area contributed by atoms with Crippen LogP contribution in [0.3, 0.4) is 0 Å². The van der Waals surface area contributed by atoms with Crippen molar-refractivity contribution in [1.29, 1.82) is 0 Å². The fourth-order valence-electron chi connectivity index (χ4n) is 7.04. The minimum atomic E-state index is -0.942. The maximum atomic E-state index is 14.2. The van der Waals surface area contributed by atoms with Gasteiger partial charge in [-0.2, -0.15) is 0 Å². The number of alkyl halides is 1. The average Bonchev–Trinajstić information content (AvgIpc) is 3.62. The number of hydrogen-bond donors (Lipinski definition) is 4. The normalized spacial score (nSPS) is 27.2. The van der Waals surface area contributed by atoms with Gasteiger partial charge in [-0.05, 0) is 67.1 Å². The second kappa shape index (κ2) is 10.7. The highest BCUT2D eigenvalue weighted by Gasteiger charge is 2.70. The molecule has 4 N–H and O–H groups in total. The zero-order chi connectivity index (χ0) is 29.9. The van der Waals surface area contributed by atoms with E-state index in [0.29, 0.717) is 25.0 Å². The van der Waals surface area contributed by atoms with Crippen LogP contribution in [-0.2, 0) is 19.2 Å². The first kappa shape index (κ1) is 28.6. The molecule has 4 aliphatic rings. The number of ketones is 1. The van der Waals surface area contributed by atoms with Crippen LogP contribution in [0.1, 0.15) is 50.0 Å². The average molecular weight is 600 g/mol. The Kier molecular flexibility index (Phi) is 7.27. The van der Waals surface area contributed by atoms with Crippen molar-refractivity contribution in [3.8, 4) is 0 Å². The lowest BCUT2D eigenvalue weighted by molar-refractivity contribution is -0.143. The summed E-state index contributed by atoms with van der Waals surface area (Å²) in [5.41, 5.74) is 0.457. The number of carbonyl (C=O) groups is 5. The Morgan fingerprint density at radius 2 is 1.93 bits per heavy atom. The molecule has 224 valence electrons. The number of fused-ring (bicyclic) bond motifs is 2. The molecule has 6 atom stereocenters. The summed E-state index contributed by atoms with van der Waals surface area (Å²) >= 11 is 5.86. The molecule has 3 heterocycles. The largest absolute Gasteiger partial charge is 0.356 e. The fraction of sp³-hybridized carbons (Fsp3) is 0.567. The van der Waals surface area contributed by atoms with Crippen molar-refractivity contribution < 1.29 is 28.4 Å². The second-order valence-corrected chi connectivity index (χ2v) is 13.0.